The van der Waals surface area contributed by atoms with Gasteiger partial charge in [-0.15, -0.1) is 0 Å². The molecule has 8 unspecified atom stereocenters. The van der Waals surface area contributed by atoms with Crippen molar-refractivity contribution < 1.29 is 83.6 Å². The van der Waals surface area contributed by atoms with Crippen LogP contribution in [0.25, 0.3) is 0 Å². The van der Waals surface area contributed by atoms with Crippen molar-refractivity contribution in [2.45, 2.75) is 254 Å². The van der Waals surface area contributed by atoms with Crippen molar-refractivity contribution in [3.63, 3.8) is 0 Å². The summed E-state index contributed by atoms with van der Waals surface area (Å²) in [5, 5.41) is 95.6. The molecule has 1 fully saturated rings. The number of ether oxygens (including phenoxy) is 6. The highest BCUT2D eigenvalue weighted by Gasteiger charge is 2.33. The van der Waals surface area contributed by atoms with Crippen LogP contribution in [0.1, 0.15) is 179 Å². The number of rotatable bonds is 60. The Morgan fingerprint density at radius 3 is 1.21 bits per heavy atom. The van der Waals surface area contributed by atoms with E-state index in [9.17, 15) is 20.4 Å². The quantitative estimate of drug-likeness (QED) is 0.0206. The maximum Gasteiger partial charge on any atom is 0.173 e. The van der Waals surface area contributed by atoms with Crippen molar-refractivity contribution in [3.8, 4) is 0 Å². The molecule has 8 atom stereocenters. The summed E-state index contributed by atoms with van der Waals surface area (Å²) < 4.78 is 39.8. The van der Waals surface area contributed by atoms with Crippen LogP contribution in [0.5, 0.6) is 0 Å². The number of hydrogen-bond acceptors (Lipinski definition) is 22. The average Bonchev–Trinajstić information content (AvgIpc) is 1.75. The van der Waals surface area contributed by atoms with Crippen LogP contribution in [0.4, 0.5) is 0 Å². The molecule has 22 nitrogen and oxygen atoms in total. The molecule has 0 aromatic carbocycles. The summed E-state index contributed by atoms with van der Waals surface area (Å²) in [6, 6.07) is 1.06. The summed E-state index contributed by atoms with van der Waals surface area (Å²) >= 11 is 0. The predicted octanol–water partition coefficient (Wildman–Crippen LogP) is 7.67. The zero-order valence-electron chi connectivity index (χ0n) is 64.3. The molecule has 0 aliphatic carbocycles. The highest BCUT2D eigenvalue weighted by Crippen LogP contribution is 2.22. The molecule has 0 radical (unpaired) electrons. The Balaban J connectivity index is -0.000000548. The molecule has 1 rings (SSSR count). The normalized spacial score (nSPS) is 16.0. The second kappa shape index (κ2) is 69.3. The largest absolute Gasteiger partial charge is 0.456 e. The van der Waals surface area contributed by atoms with Crippen molar-refractivity contribution in [1.82, 2.24) is 24.9 Å². The van der Waals surface area contributed by atoms with Gasteiger partial charge >= 0.3 is 0 Å². The third kappa shape index (κ3) is 66.5. The fourth-order valence-corrected chi connectivity index (χ4v) is 18.9. The van der Waals surface area contributed by atoms with Crippen LogP contribution in [-0.2, 0) is 32.5 Å². The van der Waals surface area contributed by atoms with E-state index in [4.69, 9.17) is 63.2 Å². The molecule has 1 heterocycles. The fourth-order valence-electron chi connectivity index (χ4n) is 10.8. The third-order valence-electron chi connectivity index (χ3n) is 16.4. The monoisotopic (exact) mass is 1410 g/mol. The number of aliphatic hydroxyl groups excluding tert-OH is 10. The van der Waals surface area contributed by atoms with Gasteiger partial charge < -0.3 is 93.8 Å². The van der Waals surface area contributed by atoms with Crippen LogP contribution in [0.3, 0.4) is 0 Å². The molecule has 95 heavy (non-hydrogen) atoms. The van der Waals surface area contributed by atoms with Gasteiger partial charge in [-0.25, -0.2) is 0 Å². The first kappa shape index (κ1) is 101. The molecule has 24 heteroatoms. The van der Waals surface area contributed by atoms with E-state index in [-0.39, 0.29) is 64.2 Å². The Kier molecular flexibility index (Phi) is 73.6. The van der Waals surface area contributed by atoms with Gasteiger partial charge in [0.15, 0.2) is 16.6 Å². The smallest absolute Gasteiger partial charge is 0.173 e. The van der Waals surface area contributed by atoms with E-state index in [1.165, 1.54) is 64.2 Å². The van der Waals surface area contributed by atoms with E-state index in [0.29, 0.717) is 110 Å². The third-order valence-corrected chi connectivity index (χ3v) is 22.6. The predicted molar refractivity (Wildman–Crippen MR) is 395 cm³/mol. The maximum absolute atomic E-state index is 10.1. The second-order valence-corrected chi connectivity index (χ2v) is 36.8. The molecule has 0 saturated carbocycles. The van der Waals surface area contributed by atoms with E-state index < -0.39 is 34.9 Å². The zero-order chi connectivity index (χ0) is 72.6. The molecule has 1 saturated heterocycles. The molecule has 11 N–H and O–H groups in total. The lowest BCUT2D eigenvalue weighted by Gasteiger charge is -2.31. The van der Waals surface area contributed by atoms with Crippen LogP contribution in [0.15, 0.2) is 0 Å². The summed E-state index contributed by atoms with van der Waals surface area (Å²) in [7, 11) is -3.09. The van der Waals surface area contributed by atoms with E-state index in [1.807, 2.05) is 16.7 Å². The lowest BCUT2D eigenvalue weighted by Crippen LogP contribution is -2.42. The first-order valence-electron chi connectivity index (χ1n) is 37.5. The molecule has 1 aliphatic rings. The summed E-state index contributed by atoms with van der Waals surface area (Å²) in [4.78, 5) is 8.26. The zero-order valence-corrected chi connectivity index (χ0v) is 66.3. The van der Waals surface area contributed by atoms with Crippen LogP contribution in [-0.4, -0.2) is 314 Å². The van der Waals surface area contributed by atoms with Gasteiger partial charge in [0.1, 0.15) is 5.72 Å². The van der Waals surface area contributed by atoms with Crippen LogP contribution in [0.2, 0.25) is 38.8 Å². The van der Waals surface area contributed by atoms with E-state index in [0.717, 1.165) is 97.1 Å². The topological polar surface area (TPSA) is 292 Å². The molecule has 1 aliphatic heterocycles. The first-order valence-corrected chi connectivity index (χ1v) is 44.1. The van der Waals surface area contributed by atoms with E-state index in [1.54, 1.807) is 0 Å². The lowest BCUT2D eigenvalue weighted by atomic mass is 10.0. The van der Waals surface area contributed by atoms with Crippen LogP contribution in [0, 0.1) is 17.8 Å². The van der Waals surface area contributed by atoms with Gasteiger partial charge in [0.05, 0.1) is 110 Å². The van der Waals surface area contributed by atoms with Crippen LogP contribution < -0.4 is 5.32 Å². The van der Waals surface area contributed by atoms with Gasteiger partial charge in [-0.05, 0) is 128 Å². The molecular formula is C71H159N5O17Si2. The minimum Gasteiger partial charge on any atom is -0.456 e. The Bertz CT molecular complexity index is 1480. The van der Waals surface area contributed by atoms with Crippen LogP contribution >= 0.6 is 0 Å². The highest BCUT2D eigenvalue weighted by atomic mass is 28.4. The SMILES string of the molecule is CCC(CO)OCCN1CCOC1(C)C.CCCCC(CC)COCC(O)CN(CCC)CCC.CCCCC(CC)COCC(O)CN(CCO)CCO.CCCCC(CC)COCC(O)CNCCO.C[Si](C)(C)O[Si](C)(C)CCCOCC(O)CN(CCO)CCO. The van der Waals surface area contributed by atoms with Gasteiger partial charge in [-0.3, -0.25) is 14.7 Å². The number of nitrogens with zero attached hydrogens (tertiary/aromatic N) is 4. The van der Waals surface area contributed by atoms with Gasteiger partial charge in [0.25, 0.3) is 0 Å². The Labute approximate surface area is 585 Å². The molecule has 0 aromatic rings. The van der Waals surface area contributed by atoms with Gasteiger partial charge in [-0.2, -0.15) is 0 Å². The molecule has 0 amide bonds. The number of nitrogens with one attached hydrogen (secondary N) is 1. The number of hydrogen-bond donors (Lipinski definition) is 11. The minimum atomic E-state index is -1.61. The summed E-state index contributed by atoms with van der Waals surface area (Å²) in [6.07, 6.45) is 16.6. The Morgan fingerprint density at radius 1 is 0.484 bits per heavy atom. The van der Waals surface area contributed by atoms with E-state index >= 15 is 0 Å². The number of unbranched alkanes of at least 4 members (excludes halogenated alkanes) is 3. The summed E-state index contributed by atoms with van der Waals surface area (Å²) in [6.45, 7) is 49.3. The van der Waals surface area contributed by atoms with E-state index in [2.05, 4.69) is 117 Å². The maximum atomic E-state index is 10.1. The molecular weight excluding hydrogens is 1250 g/mol. The minimum absolute atomic E-state index is 0.0170. The second-order valence-electron chi connectivity index (χ2n) is 27.7. The standard InChI is InChI=1S/C17H37NO2.C15H37NO5Si2.C15H33NO4.C13H29NO3.C11H23NO3/c1-5-9-10-16(8-4)14-20-15-17(19)13-18(11-6-2)12-7-3;1-22(2,3)21-23(4,5)12-6-11-20-14-15(19)13-16(7-9-17)8-10-18;1-3-5-6-14(4-2)12-20-13-15(19)11-16(7-9-17)8-10-18;1-3-5-6-12(4-2)10-17-11-13(16)9-14-7-8-15;1-4-10(9-13)14-7-5-12-6-8-15-11(12,2)3/h16-17,19H,5-15H2,1-4H3;15,17-19H,6-14H2,1-5H3;14-15,17-19H,3-13H2,1-2H3;12-16H,3-11H2,1-2H3;10,13H,4-9H2,1-3H3. The average molecular weight is 1410 g/mol. The summed E-state index contributed by atoms with van der Waals surface area (Å²) in [5.41, 5.74) is -0.162. The molecule has 0 aromatic heterocycles. The fraction of sp³-hybridized carbons (Fsp3) is 1.00. The summed E-state index contributed by atoms with van der Waals surface area (Å²) in [5.74, 6) is 1.85. The van der Waals surface area contributed by atoms with Crippen molar-refractivity contribution in [1.29, 1.82) is 0 Å². The molecule has 578 valence electrons. The van der Waals surface area contributed by atoms with Gasteiger partial charge in [-0.1, -0.05) is 120 Å². The van der Waals surface area contributed by atoms with Crippen molar-refractivity contribution >= 4 is 16.6 Å². The Hall–Kier alpha value is -0.446. The van der Waals surface area contributed by atoms with Gasteiger partial charge in [0.2, 0.25) is 0 Å². The number of aliphatic hydroxyl groups is 10. The lowest BCUT2D eigenvalue weighted by molar-refractivity contribution is -0.0673. The highest BCUT2D eigenvalue weighted by molar-refractivity contribution is 6.84. The van der Waals surface area contributed by atoms with Gasteiger partial charge in [0, 0.05) is 98.4 Å². The molecule has 0 bridgehead atoms. The molecule has 0 spiro atoms. The van der Waals surface area contributed by atoms with Crippen molar-refractivity contribution in [3.05, 3.63) is 0 Å². The first-order chi connectivity index (χ1) is 45.3. The van der Waals surface area contributed by atoms with Crippen molar-refractivity contribution in [2.24, 2.45) is 17.8 Å². The Morgan fingerprint density at radius 2 is 0.884 bits per heavy atom. The van der Waals surface area contributed by atoms with Crippen molar-refractivity contribution in [2.75, 3.05) is 191 Å².